The molecule has 0 N–H and O–H groups in total. The fourth-order valence-corrected chi connectivity index (χ4v) is 4.47. The number of hydrogen-bond acceptors (Lipinski definition) is 4. The van der Waals surface area contributed by atoms with E-state index in [-0.39, 0.29) is 12.6 Å². The molecule has 0 bridgehead atoms. The normalized spacial score (nSPS) is 15.8. The van der Waals surface area contributed by atoms with Crippen molar-refractivity contribution in [3.8, 4) is 22.9 Å². The SMILES string of the molecule is COc1ccc(CC(=O)C2(c3ccc4c(c3)OCO4)CC2)cc1-n1c(C)ccc1C. The second-order valence-corrected chi connectivity index (χ2v) is 8.21. The molecule has 0 atom stereocenters. The highest BCUT2D eigenvalue weighted by Gasteiger charge is 2.50. The summed E-state index contributed by atoms with van der Waals surface area (Å²) < 4.78 is 18.7. The Morgan fingerprint density at radius 1 is 1.00 bits per heavy atom. The van der Waals surface area contributed by atoms with Gasteiger partial charge in [-0.25, -0.2) is 0 Å². The molecule has 0 unspecified atom stereocenters. The summed E-state index contributed by atoms with van der Waals surface area (Å²) in [5.41, 5.74) is 4.86. The monoisotopic (exact) mass is 403 g/mol. The number of nitrogens with zero attached hydrogens (tertiary/aromatic N) is 1. The van der Waals surface area contributed by atoms with Gasteiger partial charge in [-0.05, 0) is 74.2 Å². The van der Waals surface area contributed by atoms with Crippen molar-refractivity contribution in [1.29, 1.82) is 0 Å². The fourth-order valence-electron chi connectivity index (χ4n) is 4.47. The maximum atomic E-state index is 13.4. The Balaban J connectivity index is 1.45. The van der Waals surface area contributed by atoms with E-state index in [2.05, 4.69) is 36.6 Å². The lowest BCUT2D eigenvalue weighted by Gasteiger charge is -2.18. The molecule has 0 radical (unpaired) electrons. The molecule has 2 aliphatic rings. The zero-order valence-corrected chi connectivity index (χ0v) is 17.5. The molecule has 1 saturated carbocycles. The molecule has 2 heterocycles. The molecule has 5 nitrogen and oxygen atoms in total. The van der Waals surface area contributed by atoms with E-state index in [0.717, 1.165) is 58.3 Å². The number of Topliss-reactive ketones (excluding diaryl/α,β-unsaturated/α-hetero) is 1. The molecule has 30 heavy (non-hydrogen) atoms. The molecule has 1 aliphatic carbocycles. The van der Waals surface area contributed by atoms with Crippen molar-refractivity contribution < 1.29 is 19.0 Å². The van der Waals surface area contributed by atoms with Gasteiger partial charge >= 0.3 is 0 Å². The Labute approximate surface area is 176 Å². The topological polar surface area (TPSA) is 49.7 Å². The first-order valence-electron chi connectivity index (χ1n) is 10.3. The van der Waals surface area contributed by atoms with E-state index in [4.69, 9.17) is 14.2 Å². The third-order valence-electron chi connectivity index (χ3n) is 6.33. The molecule has 1 fully saturated rings. The first kappa shape index (κ1) is 18.8. The van der Waals surface area contributed by atoms with E-state index < -0.39 is 5.41 Å². The Bertz CT molecular complexity index is 1120. The van der Waals surface area contributed by atoms with Crippen LogP contribution in [-0.2, 0) is 16.6 Å². The highest BCUT2D eigenvalue weighted by atomic mass is 16.7. The zero-order chi connectivity index (χ0) is 20.9. The van der Waals surface area contributed by atoms with Gasteiger partial charge in [-0.2, -0.15) is 0 Å². The van der Waals surface area contributed by atoms with Crippen LogP contribution in [0.4, 0.5) is 0 Å². The third kappa shape index (κ3) is 2.96. The number of carbonyl (C=O) groups excluding carboxylic acids is 1. The van der Waals surface area contributed by atoms with Crippen molar-refractivity contribution in [3.05, 3.63) is 71.0 Å². The lowest BCUT2D eigenvalue weighted by molar-refractivity contribution is -0.120. The first-order chi connectivity index (χ1) is 14.5. The van der Waals surface area contributed by atoms with Gasteiger partial charge in [-0.3, -0.25) is 4.79 Å². The average Bonchev–Trinajstić information content (AvgIpc) is 3.31. The minimum Gasteiger partial charge on any atom is -0.495 e. The van der Waals surface area contributed by atoms with Crippen molar-refractivity contribution >= 4 is 5.78 Å². The summed E-state index contributed by atoms with van der Waals surface area (Å²) in [5.74, 6) is 2.53. The molecule has 5 heteroatoms. The molecular formula is C25H25NO4. The summed E-state index contributed by atoms with van der Waals surface area (Å²) in [4.78, 5) is 13.4. The van der Waals surface area contributed by atoms with Crippen LogP contribution in [0.3, 0.4) is 0 Å². The van der Waals surface area contributed by atoms with E-state index >= 15 is 0 Å². The fraction of sp³-hybridized carbons (Fsp3) is 0.320. The maximum absolute atomic E-state index is 13.4. The van der Waals surface area contributed by atoms with Crippen molar-refractivity contribution in [2.24, 2.45) is 0 Å². The summed E-state index contributed by atoms with van der Waals surface area (Å²) in [5, 5.41) is 0. The van der Waals surface area contributed by atoms with E-state index in [1.165, 1.54) is 0 Å². The van der Waals surface area contributed by atoms with Crippen LogP contribution in [0.25, 0.3) is 5.69 Å². The van der Waals surface area contributed by atoms with Gasteiger partial charge in [-0.15, -0.1) is 0 Å². The minimum absolute atomic E-state index is 0.243. The number of rotatable bonds is 6. The standard InChI is InChI=1S/C25H25NO4/c1-16-4-5-17(2)26(16)20-12-18(6-8-21(20)28-3)13-24(27)25(10-11-25)19-7-9-22-23(14-19)30-15-29-22/h4-9,12,14H,10-11,13,15H2,1-3H3. The van der Waals surface area contributed by atoms with Crippen molar-refractivity contribution in [2.45, 2.75) is 38.5 Å². The molecule has 154 valence electrons. The smallest absolute Gasteiger partial charge is 0.231 e. The second-order valence-electron chi connectivity index (χ2n) is 8.21. The highest BCUT2D eigenvalue weighted by Crippen LogP contribution is 2.51. The molecule has 1 aliphatic heterocycles. The number of ketones is 1. The van der Waals surface area contributed by atoms with Crippen LogP contribution >= 0.6 is 0 Å². The van der Waals surface area contributed by atoms with Crippen LogP contribution in [0, 0.1) is 13.8 Å². The number of benzene rings is 2. The summed E-state index contributed by atoms with van der Waals surface area (Å²) >= 11 is 0. The van der Waals surface area contributed by atoms with Crippen LogP contribution < -0.4 is 14.2 Å². The summed E-state index contributed by atoms with van der Waals surface area (Å²) in [6.45, 7) is 4.39. The van der Waals surface area contributed by atoms with E-state index in [1.807, 2.05) is 30.3 Å². The number of aryl methyl sites for hydroxylation is 2. The van der Waals surface area contributed by atoms with Gasteiger partial charge in [0.1, 0.15) is 11.5 Å². The quantitative estimate of drug-likeness (QED) is 0.600. The van der Waals surface area contributed by atoms with Gasteiger partial charge in [0.2, 0.25) is 6.79 Å². The maximum Gasteiger partial charge on any atom is 0.231 e. The number of aromatic nitrogens is 1. The Hall–Kier alpha value is -3.21. The largest absolute Gasteiger partial charge is 0.495 e. The minimum atomic E-state index is -0.402. The van der Waals surface area contributed by atoms with Gasteiger partial charge in [-0.1, -0.05) is 12.1 Å². The molecule has 5 rings (SSSR count). The molecule has 3 aromatic rings. The summed E-state index contributed by atoms with van der Waals surface area (Å²) in [6, 6.07) is 16.1. The molecule has 2 aromatic carbocycles. The second kappa shape index (κ2) is 6.94. The van der Waals surface area contributed by atoms with Crippen molar-refractivity contribution in [2.75, 3.05) is 13.9 Å². The number of hydrogen-bond donors (Lipinski definition) is 0. The van der Waals surface area contributed by atoms with Gasteiger partial charge in [0.05, 0.1) is 18.2 Å². The van der Waals surface area contributed by atoms with Crippen molar-refractivity contribution in [1.82, 2.24) is 4.57 Å². The lowest BCUT2D eigenvalue weighted by Crippen LogP contribution is -2.22. The van der Waals surface area contributed by atoms with E-state index in [0.29, 0.717) is 6.42 Å². The highest BCUT2D eigenvalue weighted by molar-refractivity contribution is 5.95. The molecule has 1 aromatic heterocycles. The molecular weight excluding hydrogens is 378 g/mol. The van der Waals surface area contributed by atoms with Crippen molar-refractivity contribution in [3.63, 3.8) is 0 Å². The van der Waals surface area contributed by atoms with Crippen LogP contribution in [-0.4, -0.2) is 24.3 Å². The third-order valence-corrected chi connectivity index (χ3v) is 6.33. The van der Waals surface area contributed by atoms with Crippen LogP contribution in [0.1, 0.15) is 35.4 Å². The molecule has 0 saturated heterocycles. The van der Waals surface area contributed by atoms with Gasteiger partial charge in [0, 0.05) is 17.8 Å². The summed E-state index contributed by atoms with van der Waals surface area (Å²) in [6.07, 6.45) is 2.15. The predicted molar refractivity (Wildman–Crippen MR) is 114 cm³/mol. The molecule has 0 amide bonds. The predicted octanol–water partition coefficient (Wildman–Crippen LogP) is 4.67. The van der Waals surface area contributed by atoms with E-state index in [9.17, 15) is 4.79 Å². The lowest BCUT2D eigenvalue weighted by atomic mass is 9.87. The van der Waals surface area contributed by atoms with Crippen LogP contribution in [0.15, 0.2) is 48.5 Å². The number of fused-ring (bicyclic) bond motifs is 1. The average molecular weight is 403 g/mol. The number of carbonyl (C=O) groups is 1. The number of methoxy groups -OCH3 is 1. The Morgan fingerprint density at radius 2 is 1.73 bits per heavy atom. The van der Waals surface area contributed by atoms with Gasteiger partial charge in [0.15, 0.2) is 11.5 Å². The van der Waals surface area contributed by atoms with Gasteiger partial charge in [0.25, 0.3) is 0 Å². The zero-order valence-electron chi connectivity index (χ0n) is 17.5. The number of ether oxygens (including phenoxy) is 3. The van der Waals surface area contributed by atoms with Crippen LogP contribution in [0.5, 0.6) is 17.2 Å². The van der Waals surface area contributed by atoms with Gasteiger partial charge < -0.3 is 18.8 Å². The molecule has 0 spiro atoms. The Kier molecular flexibility index (Phi) is 4.35. The Morgan fingerprint density at radius 3 is 2.43 bits per heavy atom. The van der Waals surface area contributed by atoms with Crippen LogP contribution in [0.2, 0.25) is 0 Å². The van der Waals surface area contributed by atoms with E-state index in [1.54, 1.807) is 7.11 Å². The first-order valence-corrected chi connectivity index (χ1v) is 10.3. The summed E-state index contributed by atoms with van der Waals surface area (Å²) in [7, 11) is 1.68.